The summed E-state index contributed by atoms with van der Waals surface area (Å²) >= 11 is 0. The zero-order chi connectivity index (χ0) is 15.5. The third kappa shape index (κ3) is 4.06. The molecule has 0 aromatic heterocycles. The quantitative estimate of drug-likeness (QED) is 0.711. The van der Waals surface area contributed by atoms with Crippen LogP contribution in [-0.2, 0) is 0 Å². The predicted molar refractivity (Wildman–Crippen MR) is 95.2 cm³/mol. The van der Waals surface area contributed by atoms with Crippen LogP contribution in [0.1, 0.15) is 78.6 Å². The maximum absolute atomic E-state index is 3.03. The highest BCUT2D eigenvalue weighted by molar-refractivity contribution is 4.96. The van der Waals surface area contributed by atoms with Gasteiger partial charge in [-0.3, -0.25) is 4.90 Å². The van der Waals surface area contributed by atoms with E-state index in [1.54, 1.807) is 0 Å². The highest BCUT2D eigenvalue weighted by Gasteiger charge is 2.40. The topological polar surface area (TPSA) is 6.48 Å². The molecule has 0 bridgehead atoms. The molecule has 3 aliphatic rings. The number of likely N-dealkylation sites (tertiary alicyclic amines) is 1. The lowest BCUT2D eigenvalue weighted by atomic mass is 9.78. The fraction of sp³-hybridized carbons (Fsp3) is 1.00. The van der Waals surface area contributed by atoms with E-state index < -0.39 is 0 Å². The van der Waals surface area contributed by atoms with Crippen molar-refractivity contribution >= 4 is 0 Å². The van der Waals surface area contributed by atoms with Crippen molar-refractivity contribution in [2.75, 3.05) is 19.6 Å². The molecule has 1 saturated heterocycles. The van der Waals surface area contributed by atoms with Crippen LogP contribution in [0.3, 0.4) is 0 Å². The van der Waals surface area contributed by atoms with E-state index in [1.807, 2.05) is 0 Å². The standard InChI is InChI=1S/C20H38N2/c1-4-13-21-14-11-20(12-15-21)22(19-9-10-19)18-7-5-17(6-8-18)16(2)3/h16-20H,4-15H2,1-3H3. The van der Waals surface area contributed by atoms with Crippen molar-refractivity contribution in [3.63, 3.8) is 0 Å². The molecule has 3 fully saturated rings. The summed E-state index contributed by atoms with van der Waals surface area (Å²) in [6, 6.07) is 2.79. The van der Waals surface area contributed by atoms with Crippen molar-refractivity contribution in [1.29, 1.82) is 0 Å². The van der Waals surface area contributed by atoms with Gasteiger partial charge in [0.25, 0.3) is 0 Å². The van der Waals surface area contributed by atoms with Gasteiger partial charge < -0.3 is 4.90 Å². The minimum Gasteiger partial charge on any atom is -0.303 e. The second-order valence-corrected chi connectivity index (χ2v) is 8.56. The molecule has 0 aromatic rings. The van der Waals surface area contributed by atoms with E-state index >= 15 is 0 Å². The van der Waals surface area contributed by atoms with Gasteiger partial charge >= 0.3 is 0 Å². The van der Waals surface area contributed by atoms with Crippen LogP contribution >= 0.6 is 0 Å². The van der Waals surface area contributed by atoms with Crippen molar-refractivity contribution < 1.29 is 0 Å². The molecule has 0 atom stereocenters. The van der Waals surface area contributed by atoms with Gasteiger partial charge in [-0.1, -0.05) is 20.8 Å². The van der Waals surface area contributed by atoms with E-state index in [-0.39, 0.29) is 0 Å². The monoisotopic (exact) mass is 306 g/mol. The van der Waals surface area contributed by atoms with Crippen molar-refractivity contribution in [3.8, 4) is 0 Å². The molecule has 1 aliphatic heterocycles. The Hall–Kier alpha value is -0.0800. The number of hydrogen-bond acceptors (Lipinski definition) is 2. The van der Waals surface area contributed by atoms with E-state index in [4.69, 9.17) is 0 Å². The summed E-state index contributed by atoms with van der Waals surface area (Å²) < 4.78 is 0. The molecule has 1 heterocycles. The summed E-state index contributed by atoms with van der Waals surface area (Å²) in [4.78, 5) is 5.72. The number of nitrogens with zero attached hydrogens (tertiary/aromatic N) is 2. The predicted octanol–water partition coefficient (Wildman–Crippen LogP) is 4.54. The van der Waals surface area contributed by atoms with E-state index in [0.29, 0.717) is 0 Å². The first-order valence-corrected chi connectivity index (χ1v) is 10.2. The molecule has 0 amide bonds. The molecule has 0 aromatic carbocycles. The first-order chi connectivity index (χ1) is 10.7. The zero-order valence-electron chi connectivity index (χ0n) is 15.3. The molecule has 0 spiro atoms. The summed E-state index contributed by atoms with van der Waals surface area (Å²) in [6.07, 6.45) is 13.1. The Morgan fingerprint density at radius 3 is 1.77 bits per heavy atom. The van der Waals surface area contributed by atoms with Crippen LogP contribution < -0.4 is 0 Å². The average Bonchev–Trinajstić information content (AvgIpc) is 3.35. The van der Waals surface area contributed by atoms with Crippen molar-refractivity contribution in [3.05, 3.63) is 0 Å². The maximum Gasteiger partial charge on any atom is 0.0125 e. The smallest absolute Gasteiger partial charge is 0.0125 e. The van der Waals surface area contributed by atoms with Crippen LogP contribution in [0.15, 0.2) is 0 Å². The summed E-state index contributed by atoms with van der Waals surface area (Å²) in [7, 11) is 0. The van der Waals surface area contributed by atoms with Crippen LogP contribution in [0.2, 0.25) is 0 Å². The summed E-state index contributed by atoms with van der Waals surface area (Å²) in [5.41, 5.74) is 0. The zero-order valence-corrected chi connectivity index (χ0v) is 15.3. The molecule has 2 aliphatic carbocycles. The Morgan fingerprint density at radius 2 is 1.32 bits per heavy atom. The fourth-order valence-corrected chi connectivity index (χ4v) is 5.09. The SMILES string of the molecule is CCCN1CCC(N(C2CCC(C(C)C)CC2)C2CC2)CC1. The molecule has 2 nitrogen and oxygen atoms in total. The van der Waals surface area contributed by atoms with Gasteiger partial charge in [-0.2, -0.15) is 0 Å². The van der Waals surface area contributed by atoms with Gasteiger partial charge in [-0.05, 0) is 89.3 Å². The summed E-state index contributed by atoms with van der Waals surface area (Å²) in [5, 5.41) is 0. The minimum atomic E-state index is 0.896. The first-order valence-electron chi connectivity index (χ1n) is 10.2. The molecule has 2 saturated carbocycles. The maximum atomic E-state index is 3.03. The molecule has 0 unspecified atom stereocenters. The third-order valence-corrected chi connectivity index (χ3v) is 6.59. The van der Waals surface area contributed by atoms with Crippen LogP contribution in [0.4, 0.5) is 0 Å². The summed E-state index contributed by atoms with van der Waals surface area (Å²) in [5.74, 6) is 1.90. The van der Waals surface area contributed by atoms with Gasteiger partial charge in [0.2, 0.25) is 0 Å². The van der Waals surface area contributed by atoms with Crippen molar-refractivity contribution in [2.24, 2.45) is 11.8 Å². The van der Waals surface area contributed by atoms with Gasteiger partial charge in [0.05, 0.1) is 0 Å². The Balaban J connectivity index is 1.53. The van der Waals surface area contributed by atoms with Gasteiger partial charge in [0.1, 0.15) is 0 Å². The van der Waals surface area contributed by atoms with Crippen LogP contribution in [-0.4, -0.2) is 47.6 Å². The Morgan fingerprint density at radius 1 is 0.818 bits per heavy atom. The van der Waals surface area contributed by atoms with Gasteiger partial charge in [0, 0.05) is 18.1 Å². The third-order valence-electron chi connectivity index (χ3n) is 6.59. The number of hydrogen-bond donors (Lipinski definition) is 0. The van der Waals surface area contributed by atoms with E-state index in [2.05, 4.69) is 30.6 Å². The highest BCUT2D eigenvalue weighted by atomic mass is 15.3. The molecule has 3 rings (SSSR count). The normalized spacial score (nSPS) is 32.0. The lowest BCUT2D eigenvalue weighted by Crippen LogP contribution is -2.51. The van der Waals surface area contributed by atoms with Crippen molar-refractivity contribution in [2.45, 2.75) is 96.7 Å². The van der Waals surface area contributed by atoms with Crippen LogP contribution in [0.25, 0.3) is 0 Å². The molecule has 128 valence electrons. The Kier molecular flexibility index (Phi) is 5.84. The largest absolute Gasteiger partial charge is 0.303 e. The van der Waals surface area contributed by atoms with E-state index in [9.17, 15) is 0 Å². The lowest BCUT2D eigenvalue weighted by molar-refractivity contribution is 0.0393. The second-order valence-electron chi connectivity index (χ2n) is 8.56. The Bertz CT molecular complexity index is 321. The fourth-order valence-electron chi connectivity index (χ4n) is 5.09. The Labute approximate surface area is 138 Å². The van der Waals surface area contributed by atoms with Gasteiger partial charge in [-0.25, -0.2) is 0 Å². The van der Waals surface area contributed by atoms with Crippen molar-refractivity contribution in [1.82, 2.24) is 9.80 Å². The molecular weight excluding hydrogens is 268 g/mol. The molecule has 2 heteroatoms. The molecule has 22 heavy (non-hydrogen) atoms. The first kappa shape index (κ1) is 16.8. The van der Waals surface area contributed by atoms with Gasteiger partial charge in [-0.15, -0.1) is 0 Å². The van der Waals surface area contributed by atoms with Crippen LogP contribution in [0, 0.1) is 11.8 Å². The van der Waals surface area contributed by atoms with E-state index in [0.717, 1.165) is 30.0 Å². The summed E-state index contributed by atoms with van der Waals surface area (Å²) in [6.45, 7) is 11.2. The van der Waals surface area contributed by atoms with Gasteiger partial charge in [0.15, 0.2) is 0 Å². The molecule has 0 N–H and O–H groups in total. The lowest BCUT2D eigenvalue weighted by Gasteiger charge is -2.45. The molecular formula is C20H38N2. The minimum absolute atomic E-state index is 0.896. The van der Waals surface area contributed by atoms with Crippen LogP contribution in [0.5, 0.6) is 0 Å². The highest BCUT2D eigenvalue weighted by Crippen LogP contribution is 2.40. The second kappa shape index (κ2) is 7.66. The number of piperidine rings is 1. The number of rotatable bonds is 6. The average molecular weight is 307 g/mol. The van der Waals surface area contributed by atoms with E-state index in [1.165, 1.54) is 77.4 Å². The molecule has 0 radical (unpaired) electrons.